The molecule has 0 radical (unpaired) electrons. The third kappa shape index (κ3) is 6.52. The van der Waals surface area contributed by atoms with Crippen molar-refractivity contribution in [1.82, 2.24) is 9.80 Å². The van der Waals surface area contributed by atoms with Gasteiger partial charge in [-0.2, -0.15) is 0 Å². The lowest BCUT2D eigenvalue weighted by Gasteiger charge is -2.51. The van der Waals surface area contributed by atoms with E-state index in [9.17, 15) is 14.4 Å². The molecule has 0 unspecified atom stereocenters. The number of methoxy groups -OCH3 is 1. The van der Waals surface area contributed by atoms with E-state index in [-0.39, 0.29) is 37.8 Å². The Labute approximate surface area is 270 Å². The van der Waals surface area contributed by atoms with Gasteiger partial charge in [0.05, 0.1) is 39.2 Å². The fraction of sp³-hybridized carbons (Fsp3) is 0.432. The minimum Gasteiger partial charge on any atom is -0.468 e. The summed E-state index contributed by atoms with van der Waals surface area (Å²) in [7, 11) is 1.35. The minimum atomic E-state index is -1.28. The summed E-state index contributed by atoms with van der Waals surface area (Å²) in [6.07, 6.45) is 4.09. The van der Waals surface area contributed by atoms with Crippen LogP contribution in [0.15, 0.2) is 95.2 Å². The molecule has 0 N–H and O–H groups in total. The average molecular weight is 627 g/mol. The Bertz CT molecular complexity index is 1520. The lowest BCUT2D eigenvalue weighted by atomic mass is 9.66. The molecule has 6 rings (SSSR count). The number of hydrogen-bond donors (Lipinski definition) is 0. The van der Waals surface area contributed by atoms with Crippen LogP contribution < -0.4 is 0 Å². The van der Waals surface area contributed by atoms with Crippen molar-refractivity contribution in [3.05, 3.63) is 108 Å². The second-order valence-electron chi connectivity index (χ2n) is 12.5. The number of likely N-dealkylation sites (tertiary alicyclic amines) is 2. The Hall–Kier alpha value is -4.21. The van der Waals surface area contributed by atoms with Gasteiger partial charge in [-0.1, -0.05) is 60.7 Å². The van der Waals surface area contributed by atoms with Crippen LogP contribution in [0.2, 0.25) is 0 Å². The number of fused-ring (bicyclic) bond motifs is 1. The van der Waals surface area contributed by atoms with Crippen LogP contribution >= 0.6 is 0 Å². The van der Waals surface area contributed by atoms with Crippen LogP contribution in [-0.4, -0.2) is 66.6 Å². The number of rotatable bonds is 10. The molecule has 2 fully saturated rings. The van der Waals surface area contributed by atoms with E-state index in [1.807, 2.05) is 66.4 Å². The molecule has 242 valence electrons. The fourth-order valence-electron chi connectivity index (χ4n) is 7.27. The van der Waals surface area contributed by atoms with Crippen molar-refractivity contribution in [2.75, 3.05) is 26.8 Å². The van der Waals surface area contributed by atoms with E-state index in [1.54, 1.807) is 23.3 Å². The van der Waals surface area contributed by atoms with Gasteiger partial charge in [-0.3, -0.25) is 14.4 Å². The van der Waals surface area contributed by atoms with Crippen molar-refractivity contribution in [2.24, 2.45) is 11.3 Å². The van der Waals surface area contributed by atoms with Gasteiger partial charge >= 0.3 is 5.97 Å². The molecule has 46 heavy (non-hydrogen) atoms. The van der Waals surface area contributed by atoms with E-state index in [4.69, 9.17) is 18.6 Å². The van der Waals surface area contributed by atoms with Crippen LogP contribution in [0.4, 0.5) is 0 Å². The monoisotopic (exact) mass is 626 g/mol. The highest BCUT2D eigenvalue weighted by atomic mass is 16.6. The average Bonchev–Trinajstić information content (AvgIpc) is 3.61. The number of amides is 2. The van der Waals surface area contributed by atoms with E-state index in [0.717, 1.165) is 18.4 Å². The molecule has 0 saturated carbocycles. The van der Waals surface area contributed by atoms with Crippen LogP contribution in [0.3, 0.4) is 0 Å². The van der Waals surface area contributed by atoms with E-state index >= 15 is 0 Å². The van der Waals surface area contributed by atoms with Crippen molar-refractivity contribution in [3.63, 3.8) is 0 Å². The summed E-state index contributed by atoms with van der Waals surface area (Å²) in [4.78, 5) is 45.2. The maximum atomic E-state index is 14.3. The lowest BCUT2D eigenvalue weighted by molar-refractivity contribution is -0.178. The van der Waals surface area contributed by atoms with E-state index in [2.05, 4.69) is 12.1 Å². The van der Waals surface area contributed by atoms with Crippen molar-refractivity contribution in [3.8, 4) is 0 Å². The van der Waals surface area contributed by atoms with Crippen LogP contribution in [-0.2, 0) is 41.7 Å². The van der Waals surface area contributed by atoms with Gasteiger partial charge in [0.15, 0.2) is 0 Å². The molecule has 0 bridgehead atoms. The highest BCUT2D eigenvalue weighted by molar-refractivity contribution is 5.92. The molecule has 2 saturated heterocycles. The van der Waals surface area contributed by atoms with Crippen LogP contribution in [0.1, 0.15) is 55.4 Å². The number of benzene rings is 2. The van der Waals surface area contributed by atoms with Gasteiger partial charge in [-0.15, -0.1) is 0 Å². The molecular weight excluding hydrogens is 584 g/mol. The number of piperidine rings is 2. The molecule has 2 amide bonds. The molecule has 3 aliphatic heterocycles. The first-order valence-corrected chi connectivity index (χ1v) is 16.1. The summed E-state index contributed by atoms with van der Waals surface area (Å²) in [6.45, 7) is 3.86. The van der Waals surface area contributed by atoms with Crippen LogP contribution in [0.25, 0.3) is 0 Å². The summed E-state index contributed by atoms with van der Waals surface area (Å²) < 4.78 is 23.4. The van der Waals surface area contributed by atoms with Gasteiger partial charge in [0, 0.05) is 31.1 Å². The SMILES string of the molecule is COC(=O)[C@]12C[C@H](CC(=O)N3CCC(c4ccccc4)CC3)C(=O)N(Cc3ccco3)C1=C[C@H](COCc1ccccc1)O[C@@H]2C. The molecule has 0 aliphatic carbocycles. The minimum absolute atomic E-state index is 0.00580. The van der Waals surface area contributed by atoms with Gasteiger partial charge in [-0.25, -0.2) is 0 Å². The van der Waals surface area contributed by atoms with Gasteiger partial charge in [0.1, 0.15) is 17.3 Å². The number of ether oxygens (including phenoxy) is 3. The normalized spacial score (nSPS) is 25.1. The number of nitrogens with zero attached hydrogens (tertiary/aromatic N) is 2. The number of hydrogen-bond acceptors (Lipinski definition) is 7. The molecule has 9 nitrogen and oxygen atoms in total. The third-order valence-electron chi connectivity index (χ3n) is 9.73. The highest BCUT2D eigenvalue weighted by Crippen LogP contribution is 2.51. The van der Waals surface area contributed by atoms with Crippen LogP contribution in [0, 0.1) is 11.3 Å². The van der Waals surface area contributed by atoms with Crippen molar-refractivity contribution >= 4 is 17.8 Å². The Balaban J connectivity index is 1.23. The predicted octanol–water partition coefficient (Wildman–Crippen LogP) is 5.47. The fourth-order valence-corrected chi connectivity index (χ4v) is 7.27. The summed E-state index contributed by atoms with van der Waals surface area (Å²) in [5.74, 6) is -0.542. The molecule has 3 aromatic rings. The first-order chi connectivity index (χ1) is 22.4. The third-order valence-corrected chi connectivity index (χ3v) is 9.73. The molecule has 3 aliphatic rings. The first kappa shape index (κ1) is 31.8. The first-order valence-electron chi connectivity index (χ1n) is 16.1. The Morgan fingerprint density at radius 3 is 2.37 bits per heavy atom. The van der Waals surface area contributed by atoms with Crippen LogP contribution in [0.5, 0.6) is 0 Å². The second-order valence-corrected chi connectivity index (χ2v) is 12.5. The number of carbonyl (C=O) groups excluding carboxylic acids is 3. The van der Waals surface area contributed by atoms with E-state index < -0.39 is 29.5 Å². The molecule has 1 aromatic heterocycles. The van der Waals surface area contributed by atoms with E-state index in [1.165, 1.54) is 12.7 Å². The standard InChI is InChI=1S/C37H42N2O7/c1-26-37(36(42)43-2)22-30(20-34(40)38-17-15-29(16-18-38)28-12-7-4-8-13-28)35(41)39(23-31-14-9-19-45-31)33(37)21-32(46-26)25-44-24-27-10-5-3-6-11-27/h3-14,19,21,26,29-30,32H,15-18,20,22-25H2,1-2H3/t26-,30+,32-,37+/m1/s1. The lowest BCUT2D eigenvalue weighted by Crippen LogP contribution is -2.60. The molecule has 9 heteroatoms. The summed E-state index contributed by atoms with van der Waals surface area (Å²) in [6, 6.07) is 23.8. The van der Waals surface area contributed by atoms with Gasteiger partial charge < -0.3 is 28.4 Å². The molecule has 0 spiro atoms. The summed E-state index contributed by atoms with van der Waals surface area (Å²) >= 11 is 0. The van der Waals surface area contributed by atoms with Gasteiger partial charge in [0.25, 0.3) is 0 Å². The van der Waals surface area contributed by atoms with Gasteiger partial charge in [-0.05, 0) is 61.4 Å². The predicted molar refractivity (Wildman–Crippen MR) is 170 cm³/mol. The molecule has 4 atom stereocenters. The molecular formula is C37H42N2O7. The topological polar surface area (TPSA) is 98.5 Å². The maximum absolute atomic E-state index is 14.3. The molecule has 2 aromatic carbocycles. The highest BCUT2D eigenvalue weighted by Gasteiger charge is 2.59. The zero-order valence-corrected chi connectivity index (χ0v) is 26.5. The zero-order chi connectivity index (χ0) is 32.1. The Morgan fingerprint density at radius 1 is 0.978 bits per heavy atom. The number of furan rings is 1. The molecule has 4 heterocycles. The summed E-state index contributed by atoms with van der Waals surface area (Å²) in [5, 5.41) is 0. The van der Waals surface area contributed by atoms with E-state index in [0.29, 0.717) is 37.1 Å². The quantitative estimate of drug-likeness (QED) is 0.275. The van der Waals surface area contributed by atoms with Gasteiger partial charge in [0.2, 0.25) is 11.8 Å². The zero-order valence-electron chi connectivity index (χ0n) is 26.5. The largest absolute Gasteiger partial charge is 0.468 e. The second kappa shape index (κ2) is 14.1. The Morgan fingerprint density at radius 2 is 1.70 bits per heavy atom. The Kier molecular flexibility index (Phi) is 9.70. The number of carbonyl (C=O) groups is 3. The smallest absolute Gasteiger partial charge is 0.320 e. The van der Waals surface area contributed by atoms with Crippen molar-refractivity contribution < 1.29 is 33.0 Å². The number of esters is 1. The summed E-state index contributed by atoms with van der Waals surface area (Å²) in [5.41, 5.74) is 1.56. The van der Waals surface area contributed by atoms with Crippen molar-refractivity contribution in [1.29, 1.82) is 0 Å². The maximum Gasteiger partial charge on any atom is 0.320 e. The van der Waals surface area contributed by atoms with Crippen molar-refractivity contribution in [2.45, 2.75) is 63.9 Å².